The molecule has 0 aliphatic carbocycles. The van der Waals surface area contributed by atoms with Gasteiger partial charge in [0.15, 0.2) is 0 Å². The quantitative estimate of drug-likeness (QED) is 0.636. The maximum Gasteiger partial charge on any atom is 0.0899 e. The zero-order valence-electron chi connectivity index (χ0n) is 7.62. The van der Waals surface area contributed by atoms with E-state index in [-0.39, 0.29) is 6.04 Å². The highest BCUT2D eigenvalue weighted by Crippen LogP contribution is 2.08. The van der Waals surface area contributed by atoms with Gasteiger partial charge in [-0.1, -0.05) is 12.2 Å². The predicted octanol–water partition coefficient (Wildman–Crippen LogP) is 0.382. The summed E-state index contributed by atoms with van der Waals surface area (Å²) in [6.45, 7) is 6.76. The van der Waals surface area contributed by atoms with E-state index in [9.17, 15) is 0 Å². The molecule has 1 aliphatic heterocycles. The number of nitrogens with zero attached hydrogens (tertiary/aromatic N) is 1. The molecule has 1 heterocycles. The zero-order chi connectivity index (χ0) is 9.14. The summed E-state index contributed by atoms with van der Waals surface area (Å²) in [4.78, 5) is 2.83. The Hall–Kier alpha value is -0.190. The Bertz CT molecular complexity index is 174. The molecule has 2 N–H and O–H groups in total. The Morgan fingerprint density at radius 2 is 2.42 bits per heavy atom. The SMILES string of the molecule is CC1CN(C(C)C(N)=S)CCO1. The van der Waals surface area contributed by atoms with Crippen molar-refractivity contribution in [2.75, 3.05) is 19.7 Å². The van der Waals surface area contributed by atoms with Crippen LogP contribution in [0.1, 0.15) is 13.8 Å². The molecule has 1 fully saturated rings. The van der Waals surface area contributed by atoms with Gasteiger partial charge in [0.05, 0.1) is 23.7 Å². The number of ether oxygens (including phenoxy) is 1. The number of nitrogens with two attached hydrogens (primary N) is 1. The highest BCUT2D eigenvalue weighted by Gasteiger charge is 2.22. The van der Waals surface area contributed by atoms with Gasteiger partial charge in [-0.3, -0.25) is 4.90 Å². The summed E-state index contributed by atoms with van der Waals surface area (Å²) in [5.41, 5.74) is 5.56. The fourth-order valence-electron chi connectivity index (χ4n) is 1.38. The number of thiocarbonyl (C=S) groups is 1. The van der Waals surface area contributed by atoms with Crippen LogP contribution < -0.4 is 5.73 Å². The van der Waals surface area contributed by atoms with Crippen molar-refractivity contribution in [2.24, 2.45) is 5.73 Å². The van der Waals surface area contributed by atoms with Crippen LogP contribution in [-0.4, -0.2) is 41.7 Å². The van der Waals surface area contributed by atoms with Crippen molar-refractivity contribution in [3.63, 3.8) is 0 Å². The van der Waals surface area contributed by atoms with Crippen molar-refractivity contribution in [3.05, 3.63) is 0 Å². The molecule has 0 aromatic heterocycles. The highest BCUT2D eigenvalue weighted by atomic mass is 32.1. The smallest absolute Gasteiger partial charge is 0.0899 e. The second-order valence-electron chi connectivity index (χ2n) is 3.25. The normalized spacial score (nSPS) is 28.3. The monoisotopic (exact) mass is 188 g/mol. The second-order valence-corrected chi connectivity index (χ2v) is 3.73. The molecule has 1 saturated heterocycles. The van der Waals surface area contributed by atoms with Gasteiger partial charge in [0, 0.05) is 13.1 Å². The molecule has 2 atom stereocenters. The first-order chi connectivity index (χ1) is 5.61. The predicted molar refractivity (Wildman–Crippen MR) is 53.2 cm³/mol. The summed E-state index contributed by atoms with van der Waals surface area (Å²) in [6.07, 6.45) is 0.301. The average molecular weight is 188 g/mol. The molecule has 12 heavy (non-hydrogen) atoms. The lowest BCUT2D eigenvalue weighted by Crippen LogP contribution is -2.49. The Morgan fingerprint density at radius 1 is 1.75 bits per heavy atom. The van der Waals surface area contributed by atoms with Crippen molar-refractivity contribution in [1.29, 1.82) is 0 Å². The summed E-state index contributed by atoms with van der Waals surface area (Å²) in [6, 6.07) is 0.200. The molecule has 0 aromatic rings. The molecule has 0 aromatic carbocycles. The molecule has 3 nitrogen and oxygen atoms in total. The molecule has 0 amide bonds. The van der Waals surface area contributed by atoms with Crippen molar-refractivity contribution in [2.45, 2.75) is 26.0 Å². The Morgan fingerprint density at radius 3 is 2.92 bits per heavy atom. The standard InChI is InChI=1S/C8H16N2OS/c1-6-5-10(3-4-11-6)7(2)8(9)12/h6-7H,3-5H2,1-2H3,(H2,9,12). The summed E-state index contributed by atoms with van der Waals surface area (Å²) in [5, 5.41) is 0. The van der Waals surface area contributed by atoms with E-state index in [4.69, 9.17) is 22.7 Å². The van der Waals surface area contributed by atoms with Gasteiger partial charge in [0.25, 0.3) is 0 Å². The Labute approximate surface area is 78.9 Å². The topological polar surface area (TPSA) is 38.5 Å². The zero-order valence-corrected chi connectivity index (χ0v) is 8.43. The molecule has 1 rings (SSSR count). The van der Waals surface area contributed by atoms with Crippen molar-refractivity contribution in [1.82, 2.24) is 4.90 Å². The van der Waals surface area contributed by atoms with Crippen molar-refractivity contribution < 1.29 is 4.74 Å². The molecule has 2 unspecified atom stereocenters. The lowest BCUT2D eigenvalue weighted by Gasteiger charge is -2.34. The van der Waals surface area contributed by atoms with Crippen LogP contribution in [0.25, 0.3) is 0 Å². The number of rotatable bonds is 2. The van der Waals surface area contributed by atoms with E-state index in [1.54, 1.807) is 0 Å². The van der Waals surface area contributed by atoms with Crippen LogP contribution in [0, 0.1) is 0 Å². The van der Waals surface area contributed by atoms with Gasteiger partial charge in [0.2, 0.25) is 0 Å². The summed E-state index contributed by atoms with van der Waals surface area (Å²) >= 11 is 4.93. The van der Waals surface area contributed by atoms with Crippen LogP contribution >= 0.6 is 12.2 Å². The first-order valence-electron chi connectivity index (χ1n) is 4.26. The Kier molecular flexibility index (Phi) is 3.43. The molecule has 70 valence electrons. The fraction of sp³-hybridized carbons (Fsp3) is 0.875. The lowest BCUT2D eigenvalue weighted by molar-refractivity contribution is -0.0228. The number of hydrogen-bond acceptors (Lipinski definition) is 3. The summed E-state index contributed by atoms with van der Waals surface area (Å²) in [5.74, 6) is 0. The minimum absolute atomic E-state index is 0.200. The minimum Gasteiger partial charge on any atom is -0.392 e. The first kappa shape index (κ1) is 9.89. The first-order valence-corrected chi connectivity index (χ1v) is 4.67. The van der Waals surface area contributed by atoms with Crippen LogP contribution in [0.5, 0.6) is 0 Å². The van der Waals surface area contributed by atoms with E-state index in [2.05, 4.69) is 11.8 Å². The molecule has 0 bridgehead atoms. The van der Waals surface area contributed by atoms with Crippen molar-refractivity contribution >= 4 is 17.2 Å². The van der Waals surface area contributed by atoms with Gasteiger partial charge in [0.1, 0.15) is 0 Å². The van der Waals surface area contributed by atoms with Crippen LogP contribution in [0.4, 0.5) is 0 Å². The van der Waals surface area contributed by atoms with E-state index in [1.165, 1.54) is 0 Å². The third kappa shape index (κ3) is 2.40. The summed E-state index contributed by atoms with van der Waals surface area (Å²) < 4.78 is 5.41. The number of morpholine rings is 1. The summed E-state index contributed by atoms with van der Waals surface area (Å²) in [7, 11) is 0. The molecular weight excluding hydrogens is 172 g/mol. The average Bonchev–Trinajstić information content (AvgIpc) is 2.03. The molecule has 0 saturated carbocycles. The van der Waals surface area contributed by atoms with E-state index in [0.717, 1.165) is 19.7 Å². The molecule has 0 spiro atoms. The lowest BCUT2D eigenvalue weighted by atomic mass is 10.2. The molecular formula is C8H16N2OS. The van der Waals surface area contributed by atoms with Crippen LogP contribution in [0.3, 0.4) is 0 Å². The van der Waals surface area contributed by atoms with Gasteiger partial charge in [-0.25, -0.2) is 0 Å². The third-order valence-electron chi connectivity index (χ3n) is 2.23. The minimum atomic E-state index is 0.200. The van der Waals surface area contributed by atoms with Gasteiger partial charge < -0.3 is 10.5 Å². The largest absolute Gasteiger partial charge is 0.392 e. The Balaban J connectivity index is 2.45. The van der Waals surface area contributed by atoms with Gasteiger partial charge in [-0.15, -0.1) is 0 Å². The van der Waals surface area contributed by atoms with Crippen LogP contribution in [0.15, 0.2) is 0 Å². The maximum atomic E-state index is 5.56. The highest BCUT2D eigenvalue weighted by molar-refractivity contribution is 7.80. The van der Waals surface area contributed by atoms with E-state index >= 15 is 0 Å². The molecule has 1 aliphatic rings. The molecule has 0 radical (unpaired) electrons. The molecule has 4 heteroatoms. The van der Waals surface area contributed by atoms with Crippen molar-refractivity contribution in [3.8, 4) is 0 Å². The number of hydrogen-bond donors (Lipinski definition) is 1. The fourth-order valence-corrected chi connectivity index (χ4v) is 1.53. The van der Waals surface area contributed by atoms with Gasteiger partial charge >= 0.3 is 0 Å². The second kappa shape index (κ2) is 4.16. The third-order valence-corrected chi connectivity index (χ3v) is 2.57. The van der Waals surface area contributed by atoms with Gasteiger partial charge in [-0.05, 0) is 13.8 Å². The maximum absolute atomic E-state index is 5.56. The van der Waals surface area contributed by atoms with E-state index in [0.29, 0.717) is 11.1 Å². The van der Waals surface area contributed by atoms with Crippen LogP contribution in [0.2, 0.25) is 0 Å². The van der Waals surface area contributed by atoms with E-state index in [1.807, 2.05) is 6.92 Å². The van der Waals surface area contributed by atoms with Gasteiger partial charge in [-0.2, -0.15) is 0 Å². The van der Waals surface area contributed by atoms with Crippen LogP contribution in [-0.2, 0) is 4.74 Å². The van der Waals surface area contributed by atoms with E-state index < -0.39 is 0 Å².